The molecule has 0 aliphatic heterocycles. The first-order valence-electron chi connectivity index (χ1n) is 10.9. The van der Waals surface area contributed by atoms with Crippen LogP contribution in [0.5, 0.6) is 17.2 Å². The van der Waals surface area contributed by atoms with Crippen molar-refractivity contribution in [3.05, 3.63) is 82.4 Å². The lowest BCUT2D eigenvalue weighted by Crippen LogP contribution is -2.12. The van der Waals surface area contributed by atoms with Crippen LogP contribution in [-0.2, 0) is 17.0 Å². The second-order valence-corrected chi connectivity index (χ2v) is 11.1. The Morgan fingerprint density at radius 1 is 0.971 bits per heavy atom. The average Bonchev–Trinajstić information content (AvgIpc) is 2.78. The normalized spacial score (nSPS) is 11.1. The van der Waals surface area contributed by atoms with Gasteiger partial charge in [-0.15, -0.1) is 0 Å². The Morgan fingerprint density at radius 2 is 1.66 bits per heavy atom. The lowest BCUT2D eigenvalue weighted by Gasteiger charge is -2.20. The Balaban J connectivity index is 1.91. The number of amides is 1. The van der Waals surface area contributed by atoms with Gasteiger partial charge in [-0.1, -0.05) is 38.4 Å². The van der Waals surface area contributed by atoms with E-state index in [1.807, 2.05) is 6.07 Å². The van der Waals surface area contributed by atoms with Crippen LogP contribution >= 0.6 is 23.4 Å². The molecule has 0 fully saturated rings. The van der Waals surface area contributed by atoms with Gasteiger partial charge in [0.05, 0.1) is 13.5 Å². The Kier molecular flexibility index (Phi) is 8.70. The lowest BCUT2D eigenvalue weighted by molar-refractivity contribution is -0.136. The zero-order chi connectivity index (χ0) is 25.6. The zero-order valence-electron chi connectivity index (χ0n) is 20.1. The molecule has 0 unspecified atom stereocenters. The van der Waals surface area contributed by atoms with Crippen molar-refractivity contribution < 1.29 is 24.2 Å². The summed E-state index contributed by atoms with van der Waals surface area (Å²) >= 11 is 7.67. The van der Waals surface area contributed by atoms with Gasteiger partial charge < -0.3 is 19.9 Å². The molecule has 0 aliphatic carbocycles. The first-order valence-corrected chi connectivity index (χ1v) is 12.3. The summed E-state index contributed by atoms with van der Waals surface area (Å²) < 4.78 is 11.7. The minimum Gasteiger partial charge on any atom is -0.493 e. The Morgan fingerprint density at radius 3 is 2.29 bits per heavy atom. The summed E-state index contributed by atoms with van der Waals surface area (Å²) in [7, 11) is 1.53. The Labute approximate surface area is 214 Å². The summed E-state index contributed by atoms with van der Waals surface area (Å²) in [4.78, 5) is 23.8. The van der Waals surface area contributed by atoms with Gasteiger partial charge in [-0.25, -0.2) is 0 Å². The molecule has 6 nitrogen and oxygen atoms in total. The fraction of sp³-hybridized carbons (Fsp3) is 0.259. The third-order valence-electron chi connectivity index (χ3n) is 4.89. The maximum Gasteiger partial charge on any atom is 0.307 e. The highest BCUT2D eigenvalue weighted by molar-refractivity contribution is 7.99. The maximum absolute atomic E-state index is 12.7. The molecule has 1 amide bonds. The monoisotopic (exact) mass is 513 g/mol. The highest BCUT2D eigenvalue weighted by Gasteiger charge is 2.17. The Bertz CT molecular complexity index is 1210. The third kappa shape index (κ3) is 7.94. The van der Waals surface area contributed by atoms with Crippen LogP contribution in [0.15, 0.2) is 60.7 Å². The number of anilines is 1. The topological polar surface area (TPSA) is 84.9 Å². The maximum atomic E-state index is 12.7. The number of thioether (sulfide) groups is 1. The molecule has 0 radical (unpaired) electrons. The van der Waals surface area contributed by atoms with Gasteiger partial charge in [-0.2, -0.15) is 11.8 Å². The number of carbonyl (C=O) groups excluding carboxylic acids is 1. The molecule has 0 saturated carbocycles. The van der Waals surface area contributed by atoms with Crippen molar-refractivity contribution in [3.63, 3.8) is 0 Å². The minimum absolute atomic E-state index is 0.0128. The number of carboxylic acid groups (broad SMARTS) is 1. The van der Waals surface area contributed by atoms with E-state index in [1.165, 1.54) is 7.11 Å². The highest BCUT2D eigenvalue weighted by Crippen LogP contribution is 2.38. The van der Waals surface area contributed by atoms with Crippen LogP contribution < -0.4 is 14.8 Å². The predicted molar refractivity (Wildman–Crippen MR) is 141 cm³/mol. The predicted octanol–water partition coefficient (Wildman–Crippen LogP) is 7.05. The number of hydrogen-bond donors (Lipinski definition) is 2. The molecular weight excluding hydrogens is 486 g/mol. The third-order valence-corrected chi connectivity index (χ3v) is 6.46. The van der Waals surface area contributed by atoms with Crippen LogP contribution in [0.3, 0.4) is 0 Å². The second-order valence-electron chi connectivity index (χ2n) is 8.84. The molecule has 0 spiro atoms. The number of nitrogens with one attached hydrogen (secondary N) is 1. The van der Waals surface area contributed by atoms with E-state index in [0.29, 0.717) is 44.8 Å². The molecule has 184 valence electrons. The van der Waals surface area contributed by atoms with Gasteiger partial charge in [0.1, 0.15) is 5.75 Å². The highest BCUT2D eigenvalue weighted by atomic mass is 35.5. The standard InChI is InChI=1S/C27H28ClNO5S/c1-27(2,3)35-16-19-15-21(29-26(32)18-6-8-20(28)9-7-18)10-12-22(19)34-24-13-17(14-25(30)31)5-11-23(24)33-4/h5-13,15H,14,16H2,1-4H3,(H,29,32)(H,30,31). The number of aliphatic carboxylic acids is 1. The number of benzene rings is 3. The first-order chi connectivity index (χ1) is 16.5. The van der Waals surface area contributed by atoms with Crippen molar-refractivity contribution in [2.24, 2.45) is 0 Å². The molecule has 3 aromatic carbocycles. The van der Waals surface area contributed by atoms with Gasteiger partial charge in [-0.05, 0) is 60.2 Å². The van der Waals surface area contributed by atoms with Crippen molar-refractivity contribution in [1.29, 1.82) is 0 Å². The molecule has 3 aromatic rings. The molecular formula is C27H28ClNO5S. The molecule has 0 atom stereocenters. The van der Waals surface area contributed by atoms with Gasteiger partial charge in [0.25, 0.3) is 5.91 Å². The van der Waals surface area contributed by atoms with Crippen LogP contribution in [-0.4, -0.2) is 28.8 Å². The number of ether oxygens (including phenoxy) is 2. The van der Waals surface area contributed by atoms with Crippen molar-refractivity contribution in [3.8, 4) is 17.2 Å². The molecule has 3 rings (SSSR count). The SMILES string of the molecule is COc1ccc(CC(=O)O)cc1Oc1ccc(NC(=O)c2ccc(Cl)cc2)cc1CSC(C)(C)C. The number of methoxy groups -OCH3 is 1. The summed E-state index contributed by atoms with van der Waals surface area (Å²) in [6.45, 7) is 6.38. The molecule has 0 heterocycles. The quantitative estimate of drug-likeness (QED) is 0.319. The molecule has 0 saturated heterocycles. The van der Waals surface area contributed by atoms with Gasteiger partial charge >= 0.3 is 5.97 Å². The van der Waals surface area contributed by atoms with Crippen molar-refractivity contribution in [1.82, 2.24) is 0 Å². The van der Waals surface area contributed by atoms with E-state index in [1.54, 1.807) is 66.4 Å². The summed E-state index contributed by atoms with van der Waals surface area (Å²) in [5.41, 5.74) is 2.61. The summed E-state index contributed by atoms with van der Waals surface area (Å²) in [5, 5.41) is 12.6. The number of carboxylic acids is 1. The van der Waals surface area contributed by atoms with E-state index >= 15 is 0 Å². The van der Waals surface area contributed by atoms with Crippen LogP contribution in [0.2, 0.25) is 5.02 Å². The van der Waals surface area contributed by atoms with Crippen LogP contribution in [0.25, 0.3) is 0 Å². The number of halogens is 1. The van der Waals surface area contributed by atoms with Crippen LogP contribution in [0.4, 0.5) is 5.69 Å². The molecule has 0 aliphatic rings. The zero-order valence-corrected chi connectivity index (χ0v) is 21.6. The van der Waals surface area contributed by atoms with E-state index < -0.39 is 5.97 Å². The van der Waals surface area contributed by atoms with E-state index in [-0.39, 0.29) is 17.1 Å². The van der Waals surface area contributed by atoms with Crippen molar-refractivity contribution >= 4 is 40.9 Å². The molecule has 2 N–H and O–H groups in total. The fourth-order valence-electron chi connectivity index (χ4n) is 3.17. The molecule has 0 aromatic heterocycles. The largest absolute Gasteiger partial charge is 0.493 e. The minimum atomic E-state index is -0.927. The van der Waals surface area contributed by atoms with Crippen molar-refractivity contribution in [2.75, 3.05) is 12.4 Å². The van der Waals surface area contributed by atoms with E-state index in [0.717, 1.165) is 5.56 Å². The molecule has 35 heavy (non-hydrogen) atoms. The Hall–Kier alpha value is -3.16. The average molecular weight is 514 g/mol. The number of hydrogen-bond acceptors (Lipinski definition) is 5. The fourth-order valence-corrected chi connectivity index (χ4v) is 4.11. The summed E-state index contributed by atoms with van der Waals surface area (Å²) in [6.07, 6.45) is -0.122. The molecule has 8 heteroatoms. The molecule has 0 bridgehead atoms. The second kappa shape index (κ2) is 11.5. The summed E-state index contributed by atoms with van der Waals surface area (Å²) in [6, 6.07) is 17.2. The number of rotatable bonds is 9. The van der Waals surface area contributed by atoms with E-state index in [4.69, 9.17) is 26.2 Å². The van der Waals surface area contributed by atoms with E-state index in [9.17, 15) is 9.59 Å². The first kappa shape index (κ1) is 26.4. The van der Waals surface area contributed by atoms with Gasteiger partial charge in [0.2, 0.25) is 0 Å². The van der Waals surface area contributed by atoms with Gasteiger partial charge in [-0.3, -0.25) is 9.59 Å². The summed E-state index contributed by atoms with van der Waals surface area (Å²) in [5.74, 6) is 0.981. The van der Waals surface area contributed by atoms with E-state index in [2.05, 4.69) is 26.1 Å². The van der Waals surface area contributed by atoms with Gasteiger partial charge in [0, 0.05) is 32.3 Å². The smallest absolute Gasteiger partial charge is 0.307 e. The van der Waals surface area contributed by atoms with Gasteiger partial charge in [0.15, 0.2) is 11.5 Å². The number of carbonyl (C=O) groups is 2. The van der Waals surface area contributed by atoms with Crippen LogP contribution in [0.1, 0.15) is 42.3 Å². The van der Waals surface area contributed by atoms with Crippen molar-refractivity contribution in [2.45, 2.75) is 37.7 Å². The van der Waals surface area contributed by atoms with Crippen LogP contribution in [0, 0.1) is 0 Å². The lowest BCUT2D eigenvalue weighted by atomic mass is 10.1.